The highest BCUT2D eigenvalue weighted by Crippen LogP contribution is 2.19. The number of urea groups is 1. The lowest BCUT2D eigenvalue weighted by Crippen LogP contribution is -2.41. The van der Waals surface area contributed by atoms with Crippen LogP contribution in [0.5, 0.6) is 5.75 Å². The third-order valence-electron chi connectivity index (χ3n) is 4.03. The van der Waals surface area contributed by atoms with Crippen LogP contribution in [0.25, 0.3) is 0 Å². The zero-order valence-corrected chi connectivity index (χ0v) is 14.9. The minimum atomic E-state index is -0.679. The van der Waals surface area contributed by atoms with Crippen LogP contribution < -0.4 is 15.4 Å². The number of esters is 1. The van der Waals surface area contributed by atoms with Gasteiger partial charge in [0.1, 0.15) is 5.75 Å². The van der Waals surface area contributed by atoms with Gasteiger partial charge in [-0.15, -0.1) is 0 Å². The van der Waals surface area contributed by atoms with Gasteiger partial charge in [-0.1, -0.05) is 11.6 Å². The molecule has 7 nitrogen and oxygen atoms in total. The van der Waals surface area contributed by atoms with Gasteiger partial charge in [0.05, 0.1) is 12.7 Å². The van der Waals surface area contributed by atoms with Crippen LogP contribution in [0.4, 0.5) is 4.79 Å². The second kappa shape index (κ2) is 10.2. The summed E-state index contributed by atoms with van der Waals surface area (Å²) < 4.78 is 9.88. The van der Waals surface area contributed by atoms with Crippen molar-refractivity contribution >= 4 is 17.9 Å². The fourth-order valence-corrected chi connectivity index (χ4v) is 2.62. The molecular weight excluding hydrogens is 336 g/mol. The van der Waals surface area contributed by atoms with Gasteiger partial charge in [-0.2, -0.15) is 0 Å². The van der Waals surface area contributed by atoms with Gasteiger partial charge in [-0.05, 0) is 56.4 Å². The third kappa shape index (κ3) is 6.58. The lowest BCUT2D eigenvalue weighted by atomic mass is 9.97. The SMILES string of the molecule is COc1ccc(C(=O)OCC(=O)NC(=O)NCCC2=CCCCC2)cc1. The summed E-state index contributed by atoms with van der Waals surface area (Å²) in [5.41, 5.74) is 1.64. The number of carbonyl (C=O) groups excluding carboxylic acids is 3. The van der Waals surface area contributed by atoms with Gasteiger partial charge in [-0.25, -0.2) is 9.59 Å². The highest BCUT2D eigenvalue weighted by molar-refractivity contribution is 5.97. The first kappa shape index (κ1) is 19.5. The number of benzene rings is 1. The maximum absolute atomic E-state index is 11.8. The smallest absolute Gasteiger partial charge is 0.338 e. The van der Waals surface area contributed by atoms with Crippen LogP contribution in [0, 0.1) is 0 Å². The Kier molecular flexibility index (Phi) is 7.67. The van der Waals surface area contributed by atoms with E-state index in [0.717, 1.165) is 19.3 Å². The normalized spacial score (nSPS) is 13.3. The second-order valence-electron chi connectivity index (χ2n) is 5.97. The molecule has 0 saturated carbocycles. The molecule has 0 heterocycles. The van der Waals surface area contributed by atoms with Gasteiger partial charge in [0.25, 0.3) is 5.91 Å². The number of nitrogens with one attached hydrogen (secondary N) is 2. The van der Waals surface area contributed by atoms with Crippen molar-refractivity contribution in [1.82, 2.24) is 10.6 Å². The lowest BCUT2D eigenvalue weighted by Gasteiger charge is -2.13. The fourth-order valence-electron chi connectivity index (χ4n) is 2.62. The van der Waals surface area contributed by atoms with Gasteiger partial charge >= 0.3 is 12.0 Å². The highest BCUT2D eigenvalue weighted by Gasteiger charge is 2.12. The Balaban J connectivity index is 1.64. The lowest BCUT2D eigenvalue weighted by molar-refractivity contribution is -0.123. The number of allylic oxidation sites excluding steroid dienone is 1. The number of hydrogen-bond donors (Lipinski definition) is 2. The highest BCUT2D eigenvalue weighted by atomic mass is 16.5. The largest absolute Gasteiger partial charge is 0.497 e. The van der Waals surface area contributed by atoms with Crippen LogP contribution >= 0.6 is 0 Å². The molecule has 0 saturated heterocycles. The summed E-state index contributed by atoms with van der Waals surface area (Å²) >= 11 is 0. The van der Waals surface area contributed by atoms with Crippen molar-refractivity contribution in [3.05, 3.63) is 41.5 Å². The van der Waals surface area contributed by atoms with E-state index < -0.39 is 24.5 Å². The topological polar surface area (TPSA) is 93.7 Å². The van der Waals surface area contributed by atoms with E-state index in [1.807, 2.05) is 0 Å². The number of ether oxygens (including phenoxy) is 2. The molecule has 1 aliphatic rings. The molecule has 1 aromatic rings. The zero-order chi connectivity index (χ0) is 18.8. The number of hydrogen-bond acceptors (Lipinski definition) is 5. The van der Waals surface area contributed by atoms with Crippen molar-refractivity contribution in [3.8, 4) is 5.75 Å². The van der Waals surface area contributed by atoms with Crippen LogP contribution in [0.15, 0.2) is 35.9 Å². The molecule has 3 amide bonds. The van der Waals surface area contributed by atoms with Crippen molar-refractivity contribution in [2.75, 3.05) is 20.3 Å². The van der Waals surface area contributed by atoms with Crippen LogP contribution in [0.1, 0.15) is 42.5 Å². The summed E-state index contributed by atoms with van der Waals surface area (Å²) in [6.45, 7) is -0.0555. The Morgan fingerprint density at radius 3 is 2.54 bits per heavy atom. The number of imide groups is 1. The summed E-state index contributed by atoms with van der Waals surface area (Å²) in [5, 5.41) is 4.76. The van der Waals surface area contributed by atoms with Crippen molar-refractivity contribution in [3.63, 3.8) is 0 Å². The molecule has 0 atom stereocenters. The number of methoxy groups -OCH3 is 1. The van der Waals surface area contributed by atoms with E-state index in [9.17, 15) is 14.4 Å². The first-order chi connectivity index (χ1) is 12.6. The summed E-state index contributed by atoms with van der Waals surface area (Å²) in [7, 11) is 1.52. The molecule has 26 heavy (non-hydrogen) atoms. The first-order valence-corrected chi connectivity index (χ1v) is 8.65. The van der Waals surface area contributed by atoms with Gasteiger partial charge in [0.2, 0.25) is 0 Å². The summed E-state index contributed by atoms with van der Waals surface area (Å²) in [4.78, 5) is 35.2. The monoisotopic (exact) mass is 360 g/mol. The molecule has 1 aromatic carbocycles. The maximum atomic E-state index is 11.8. The van der Waals surface area contributed by atoms with Gasteiger partial charge in [-0.3, -0.25) is 10.1 Å². The predicted molar refractivity (Wildman–Crippen MR) is 96.0 cm³/mol. The number of amides is 3. The molecule has 140 valence electrons. The van der Waals surface area contributed by atoms with E-state index in [2.05, 4.69) is 16.7 Å². The zero-order valence-electron chi connectivity index (χ0n) is 14.9. The molecule has 0 unspecified atom stereocenters. The summed E-state index contributed by atoms with van der Waals surface area (Å²) in [6.07, 6.45) is 7.58. The molecule has 0 aliphatic heterocycles. The third-order valence-corrected chi connectivity index (χ3v) is 4.03. The van der Waals surface area contributed by atoms with Gasteiger partial charge < -0.3 is 14.8 Å². The maximum Gasteiger partial charge on any atom is 0.338 e. The van der Waals surface area contributed by atoms with Crippen molar-refractivity contribution in [1.29, 1.82) is 0 Å². The Labute approximate surface area is 152 Å². The molecular formula is C19H24N2O5. The molecule has 2 N–H and O–H groups in total. The molecule has 0 fully saturated rings. The molecule has 0 spiro atoms. The number of carbonyl (C=O) groups is 3. The van der Waals surface area contributed by atoms with E-state index in [-0.39, 0.29) is 0 Å². The van der Waals surface area contributed by atoms with E-state index in [0.29, 0.717) is 17.9 Å². The average Bonchev–Trinajstić information content (AvgIpc) is 2.67. The fraction of sp³-hybridized carbons (Fsp3) is 0.421. The predicted octanol–water partition coefficient (Wildman–Crippen LogP) is 2.57. The van der Waals surface area contributed by atoms with E-state index in [4.69, 9.17) is 9.47 Å². The van der Waals surface area contributed by atoms with Crippen molar-refractivity contribution in [2.24, 2.45) is 0 Å². The van der Waals surface area contributed by atoms with Crippen molar-refractivity contribution < 1.29 is 23.9 Å². The molecule has 0 aromatic heterocycles. The van der Waals surface area contributed by atoms with Gasteiger partial charge in [0, 0.05) is 6.54 Å². The second-order valence-corrected chi connectivity index (χ2v) is 5.97. The minimum absolute atomic E-state index is 0.295. The quantitative estimate of drug-likeness (QED) is 0.576. The number of rotatable bonds is 7. The van der Waals surface area contributed by atoms with E-state index in [1.54, 1.807) is 12.1 Å². The van der Waals surface area contributed by atoms with Crippen LogP contribution in [0.2, 0.25) is 0 Å². The molecule has 2 rings (SSSR count). The Morgan fingerprint density at radius 1 is 1.12 bits per heavy atom. The van der Waals surface area contributed by atoms with E-state index in [1.165, 1.54) is 37.7 Å². The van der Waals surface area contributed by atoms with Crippen LogP contribution in [-0.2, 0) is 9.53 Å². The van der Waals surface area contributed by atoms with Crippen LogP contribution in [0.3, 0.4) is 0 Å². The Morgan fingerprint density at radius 2 is 1.88 bits per heavy atom. The van der Waals surface area contributed by atoms with Gasteiger partial charge in [0.15, 0.2) is 6.61 Å². The molecule has 7 heteroatoms. The Bertz CT molecular complexity index is 667. The first-order valence-electron chi connectivity index (χ1n) is 8.65. The van der Waals surface area contributed by atoms with Crippen LogP contribution in [-0.4, -0.2) is 38.2 Å². The summed E-state index contributed by atoms with van der Waals surface area (Å²) in [6, 6.07) is 5.71. The molecule has 1 aliphatic carbocycles. The average molecular weight is 360 g/mol. The molecule has 0 radical (unpaired) electrons. The summed E-state index contributed by atoms with van der Waals surface area (Å²) in [5.74, 6) is -0.714. The molecule has 0 bridgehead atoms. The Hall–Kier alpha value is -2.83. The van der Waals surface area contributed by atoms with E-state index >= 15 is 0 Å². The standard InChI is InChI=1S/C19H24N2O5/c1-25-16-9-7-15(8-10-16)18(23)26-13-17(22)21-19(24)20-12-11-14-5-3-2-4-6-14/h5,7-10H,2-4,6,11-13H2,1H3,(H2,20,21,22,24). The van der Waals surface area contributed by atoms with Crippen molar-refractivity contribution in [2.45, 2.75) is 32.1 Å². The minimum Gasteiger partial charge on any atom is -0.497 e.